The van der Waals surface area contributed by atoms with Crippen LogP contribution >= 0.6 is 0 Å². The van der Waals surface area contributed by atoms with Crippen molar-refractivity contribution in [2.45, 2.75) is 45.6 Å². The van der Waals surface area contributed by atoms with Crippen LogP contribution in [0.2, 0.25) is 0 Å². The average Bonchev–Trinajstić information content (AvgIpc) is 2.62. The molecule has 1 saturated carbocycles. The van der Waals surface area contributed by atoms with Crippen molar-refractivity contribution in [2.24, 2.45) is 5.41 Å². The number of nitrogens with one attached hydrogen (secondary N) is 1. The first-order valence-electron chi connectivity index (χ1n) is 6.35. The van der Waals surface area contributed by atoms with Crippen molar-refractivity contribution >= 4 is 0 Å². The second-order valence-electron chi connectivity index (χ2n) is 5.31. The second-order valence-corrected chi connectivity index (χ2v) is 5.31. The van der Waals surface area contributed by atoms with Crippen LogP contribution in [0.15, 0.2) is 24.4 Å². The second kappa shape index (κ2) is 4.96. The monoisotopic (exact) mass is 218 g/mol. The molecule has 1 aliphatic rings. The first-order valence-corrected chi connectivity index (χ1v) is 6.35. The highest BCUT2D eigenvalue weighted by Crippen LogP contribution is 2.40. The molecule has 1 aliphatic carbocycles. The zero-order chi connectivity index (χ0) is 11.4. The summed E-state index contributed by atoms with van der Waals surface area (Å²) in [4.78, 5) is 4.44. The van der Waals surface area contributed by atoms with Gasteiger partial charge in [-0.3, -0.25) is 4.98 Å². The van der Waals surface area contributed by atoms with Crippen LogP contribution in [0.4, 0.5) is 0 Å². The fourth-order valence-electron chi connectivity index (χ4n) is 2.89. The molecule has 2 atom stereocenters. The Hall–Kier alpha value is -0.890. The lowest BCUT2D eigenvalue weighted by molar-refractivity contribution is 0.319. The molecule has 1 aromatic heterocycles. The van der Waals surface area contributed by atoms with Crippen molar-refractivity contribution in [3.63, 3.8) is 0 Å². The van der Waals surface area contributed by atoms with Crippen molar-refractivity contribution in [1.82, 2.24) is 10.3 Å². The standard InChI is InChI=1S/C14H22N2/c1-3-15-13-7-8-14(2,11-13)10-12-6-4-5-9-16-12/h4-6,9,13,15H,3,7-8,10-11H2,1-2H3. The summed E-state index contributed by atoms with van der Waals surface area (Å²) in [5.41, 5.74) is 1.68. The van der Waals surface area contributed by atoms with Gasteiger partial charge in [-0.2, -0.15) is 0 Å². The van der Waals surface area contributed by atoms with Crippen molar-refractivity contribution in [3.05, 3.63) is 30.1 Å². The van der Waals surface area contributed by atoms with Crippen molar-refractivity contribution in [1.29, 1.82) is 0 Å². The molecule has 1 heterocycles. The molecule has 0 bridgehead atoms. The maximum absolute atomic E-state index is 4.44. The van der Waals surface area contributed by atoms with Gasteiger partial charge in [0, 0.05) is 17.9 Å². The number of aromatic nitrogens is 1. The Balaban J connectivity index is 1.95. The Morgan fingerprint density at radius 3 is 3.06 bits per heavy atom. The van der Waals surface area contributed by atoms with E-state index in [0.717, 1.165) is 19.0 Å². The van der Waals surface area contributed by atoms with E-state index in [2.05, 4.69) is 36.3 Å². The first-order chi connectivity index (χ1) is 7.72. The first kappa shape index (κ1) is 11.6. The molecule has 1 fully saturated rings. The molecule has 16 heavy (non-hydrogen) atoms. The van der Waals surface area contributed by atoms with Crippen LogP contribution in [0.3, 0.4) is 0 Å². The highest BCUT2D eigenvalue weighted by molar-refractivity contribution is 5.07. The van der Waals surface area contributed by atoms with E-state index >= 15 is 0 Å². The van der Waals surface area contributed by atoms with Crippen LogP contribution in [0.25, 0.3) is 0 Å². The molecule has 88 valence electrons. The molecule has 2 rings (SSSR count). The van der Waals surface area contributed by atoms with Crippen LogP contribution in [0, 0.1) is 5.41 Å². The van der Waals surface area contributed by atoms with Gasteiger partial charge in [-0.25, -0.2) is 0 Å². The fourth-order valence-corrected chi connectivity index (χ4v) is 2.89. The number of pyridine rings is 1. The van der Waals surface area contributed by atoms with Gasteiger partial charge >= 0.3 is 0 Å². The number of nitrogens with zero attached hydrogens (tertiary/aromatic N) is 1. The van der Waals surface area contributed by atoms with Gasteiger partial charge in [-0.05, 0) is 49.8 Å². The number of hydrogen-bond acceptors (Lipinski definition) is 2. The fraction of sp³-hybridized carbons (Fsp3) is 0.643. The van der Waals surface area contributed by atoms with E-state index in [9.17, 15) is 0 Å². The SMILES string of the molecule is CCNC1CCC(C)(Cc2ccccn2)C1. The third-order valence-corrected chi connectivity index (χ3v) is 3.66. The lowest BCUT2D eigenvalue weighted by atomic mass is 9.83. The van der Waals surface area contributed by atoms with Crippen LogP contribution in [-0.2, 0) is 6.42 Å². The summed E-state index contributed by atoms with van der Waals surface area (Å²) in [6.07, 6.45) is 6.95. The molecule has 0 saturated heterocycles. The summed E-state index contributed by atoms with van der Waals surface area (Å²) in [7, 11) is 0. The number of rotatable bonds is 4. The average molecular weight is 218 g/mol. The smallest absolute Gasteiger partial charge is 0.0409 e. The highest BCUT2D eigenvalue weighted by atomic mass is 14.9. The molecule has 1 N–H and O–H groups in total. The summed E-state index contributed by atoms with van der Waals surface area (Å²) >= 11 is 0. The molecule has 2 nitrogen and oxygen atoms in total. The minimum atomic E-state index is 0.446. The maximum Gasteiger partial charge on any atom is 0.0409 e. The summed E-state index contributed by atoms with van der Waals surface area (Å²) in [5.74, 6) is 0. The van der Waals surface area contributed by atoms with Gasteiger partial charge in [0.1, 0.15) is 0 Å². The zero-order valence-electron chi connectivity index (χ0n) is 10.4. The van der Waals surface area contributed by atoms with E-state index in [0.29, 0.717) is 5.41 Å². The van der Waals surface area contributed by atoms with Gasteiger partial charge in [-0.1, -0.05) is 19.9 Å². The Kier molecular flexibility index (Phi) is 3.59. The van der Waals surface area contributed by atoms with Crippen LogP contribution in [0.5, 0.6) is 0 Å². The van der Waals surface area contributed by atoms with E-state index < -0.39 is 0 Å². The van der Waals surface area contributed by atoms with Gasteiger partial charge in [0.2, 0.25) is 0 Å². The summed E-state index contributed by atoms with van der Waals surface area (Å²) in [5, 5.41) is 3.57. The molecule has 0 radical (unpaired) electrons. The Morgan fingerprint density at radius 2 is 2.38 bits per heavy atom. The van der Waals surface area contributed by atoms with Crippen LogP contribution < -0.4 is 5.32 Å². The normalized spacial score (nSPS) is 29.5. The quantitative estimate of drug-likeness (QED) is 0.840. The molecular weight excluding hydrogens is 196 g/mol. The van der Waals surface area contributed by atoms with E-state index in [-0.39, 0.29) is 0 Å². The third kappa shape index (κ3) is 2.82. The van der Waals surface area contributed by atoms with Crippen molar-refractivity contribution in [2.75, 3.05) is 6.54 Å². The Labute approximate surface area is 98.5 Å². The largest absolute Gasteiger partial charge is 0.314 e. The lowest BCUT2D eigenvalue weighted by Crippen LogP contribution is -2.28. The van der Waals surface area contributed by atoms with Gasteiger partial charge in [-0.15, -0.1) is 0 Å². The third-order valence-electron chi connectivity index (χ3n) is 3.66. The molecule has 2 unspecified atom stereocenters. The maximum atomic E-state index is 4.44. The van der Waals surface area contributed by atoms with Crippen LogP contribution in [-0.4, -0.2) is 17.6 Å². The van der Waals surface area contributed by atoms with E-state index in [1.807, 2.05) is 12.3 Å². The minimum absolute atomic E-state index is 0.446. The van der Waals surface area contributed by atoms with Crippen LogP contribution in [0.1, 0.15) is 38.8 Å². The van der Waals surface area contributed by atoms with Gasteiger partial charge < -0.3 is 5.32 Å². The van der Waals surface area contributed by atoms with Gasteiger partial charge in [0.25, 0.3) is 0 Å². The van der Waals surface area contributed by atoms with Crippen molar-refractivity contribution < 1.29 is 0 Å². The predicted octanol–water partition coefficient (Wildman–Crippen LogP) is 2.79. The molecule has 0 aliphatic heterocycles. The topological polar surface area (TPSA) is 24.9 Å². The molecular formula is C14H22N2. The van der Waals surface area contributed by atoms with Gasteiger partial charge in [0.05, 0.1) is 0 Å². The molecule has 0 spiro atoms. The van der Waals surface area contributed by atoms with E-state index in [1.54, 1.807) is 0 Å². The minimum Gasteiger partial charge on any atom is -0.314 e. The zero-order valence-corrected chi connectivity index (χ0v) is 10.4. The summed E-state index contributed by atoms with van der Waals surface area (Å²) in [6, 6.07) is 6.94. The summed E-state index contributed by atoms with van der Waals surface area (Å²) in [6.45, 7) is 5.68. The number of hydrogen-bond donors (Lipinski definition) is 1. The molecule has 2 heteroatoms. The molecule has 0 amide bonds. The predicted molar refractivity (Wildman–Crippen MR) is 67.4 cm³/mol. The summed E-state index contributed by atoms with van der Waals surface area (Å²) < 4.78 is 0. The Bertz CT molecular complexity index is 323. The molecule has 1 aromatic rings. The molecule has 0 aromatic carbocycles. The van der Waals surface area contributed by atoms with Gasteiger partial charge in [0.15, 0.2) is 0 Å². The van der Waals surface area contributed by atoms with Crippen molar-refractivity contribution in [3.8, 4) is 0 Å². The van der Waals surface area contributed by atoms with E-state index in [1.165, 1.54) is 25.0 Å². The Morgan fingerprint density at radius 1 is 1.50 bits per heavy atom. The lowest BCUT2D eigenvalue weighted by Gasteiger charge is -2.23. The highest BCUT2D eigenvalue weighted by Gasteiger charge is 2.34. The van der Waals surface area contributed by atoms with E-state index in [4.69, 9.17) is 0 Å².